The van der Waals surface area contributed by atoms with Crippen molar-refractivity contribution in [3.63, 3.8) is 0 Å². The molecular formula is C23H21N3O2S. The van der Waals surface area contributed by atoms with Gasteiger partial charge in [0.05, 0.1) is 20.7 Å². The lowest BCUT2D eigenvalue weighted by Crippen LogP contribution is -2.25. The molecule has 6 heteroatoms. The number of pyridine rings is 1. The van der Waals surface area contributed by atoms with E-state index >= 15 is 0 Å². The summed E-state index contributed by atoms with van der Waals surface area (Å²) in [6, 6.07) is 14.5. The highest BCUT2D eigenvalue weighted by atomic mass is 32.1. The first-order valence-electron chi connectivity index (χ1n) is 9.76. The number of nitrogens with zero attached hydrogens (tertiary/aromatic N) is 2. The average Bonchev–Trinajstić information content (AvgIpc) is 3.31. The van der Waals surface area contributed by atoms with E-state index in [1.807, 2.05) is 26.0 Å². The van der Waals surface area contributed by atoms with Crippen molar-refractivity contribution in [3.8, 4) is 16.9 Å². The third kappa shape index (κ3) is 3.44. The van der Waals surface area contributed by atoms with Gasteiger partial charge in [-0.25, -0.2) is 4.98 Å². The molecule has 1 aliphatic rings. The van der Waals surface area contributed by atoms with Gasteiger partial charge in [-0.05, 0) is 61.4 Å². The van der Waals surface area contributed by atoms with Crippen molar-refractivity contribution in [1.29, 1.82) is 0 Å². The standard InChI is InChI=1S/C23H21N3O2S/c1-13(17-11-23(27)25-12-17)28-21-9-16(8-20-18(21)4-3-7-24-20)15-5-6-19-22(10-15)29-14(2)26-19/h3-10,13,17H,11-12H2,1-2H3,(H,25,27)/t13-,17?/m1/s1. The molecule has 2 aromatic carbocycles. The van der Waals surface area contributed by atoms with Gasteiger partial charge in [0.15, 0.2) is 0 Å². The van der Waals surface area contributed by atoms with E-state index in [9.17, 15) is 4.79 Å². The van der Waals surface area contributed by atoms with Gasteiger partial charge in [-0.3, -0.25) is 9.78 Å². The van der Waals surface area contributed by atoms with Gasteiger partial charge in [-0.1, -0.05) is 6.07 Å². The van der Waals surface area contributed by atoms with Crippen LogP contribution < -0.4 is 10.1 Å². The van der Waals surface area contributed by atoms with Crippen LogP contribution in [0.3, 0.4) is 0 Å². The molecule has 5 rings (SSSR count). The van der Waals surface area contributed by atoms with E-state index < -0.39 is 0 Å². The summed E-state index contributed by atoms with van der Waals surface area (Å²) in [5.41, 5.74) is 4.10. The fraction of sp³-hybridized carbons (Fsp3) is 0.261. The van der Waals surface area contributed by atoms with Crippen LogP contribution in [0.25, 0.3) is 32.2 Å². The van der Waals surface area contributed by atoms with Crippen molar-refractivity contribution in [2.24, 2.45) is 5.92 Å². The summed E-state index contributed by atoms with van der Waals surface area (Å²) in [6.07, 6.45) is 2.24. The molecule has 1 aliphatic heterocycles. The Kier molecular flexibility index (Phi) is 4.43. The first-order valence-corrected chi connectivity index (χ1v) is 10.6. The molecule has 1 amide bonds. The molecule has 1 N–H and O–H groups in total. The highest BCUT2D eigenvalue weighted by Crippen LogP contribution is 2.35. The summed E-state index contributed by atoms with van der Waals surface area (Å²) in [5.74, 6) is 1.08. The van der Waals surface area contributed by atoms with Crippen molar-refractivity contribution >= 4 is 38.4 Å². The van der Waals surface area contributed by atoms with E-state index in [1.165, 1.54) is 4.70 Å². The minimum Gasteiger partial charge on any atom is -0.490 e. The predicted molar refractivity (Wildman–Crippen MR) is 116 cm³/mol. The Labute approximate surface area is 172 Å². The third-order valence-electron chi connectivity index (χ3n) is 5.50. The predicted octanol–water partition coefficient (Wildman–Crippen LogP) is 4.72. The smallest absolute Gasteiger partial charge is 0.220 e. The van der Waals surface area contributed by atoms with Crippen molar-refractivity contribution < 1.29 is 9.53 Å². The molecule has 0 radical (unpaired) electrons. The van der Waals surface area contributed by atoms with Crippen LogP contribution in [0, 0.1) is 12.8 Å². The fourth-order valence-corrected chi connectivity index (χ4v) is 4.75. The number of carbonyl (C=O) groups is 1. The number of ether oxygens (including phenoxy) is 1. The van der Waals surface area contributed by atoms with Crippen molar-refractivity contribution in [3.05, 3.63) is 53.7 Å². The number of thiazole rings is 1. The van der Waals surface area contributed by atoms with Crippen molar-refractivity contribution in [2.75, 3.05) is 6.54 Å². The van der Waals surface area contributed by atoms with E-state index in [0.717, 1.165) is 38.3 Å². The number of hydrogen-bond donors (Lipinski definition) is 1. The Morgan fingerprint density at radius 2 is 2.07 bits per heavy atom. The van der Waals surface area contributed by atoms with Gasteiger partial charge in [0.25, 0.3) is 0 Å². The number of rotatable bonds is 4. The van der Waals surface area contributed by atoms with Crippen LogP contribution in [0.4, 0.5) is 0 Å². The van der Waals surface area contributed by atoms with E-state index in [-0.39, 0.29) is 17.9 Å². The third-order valence-corrected chi connectivity index (χ3v) is 6.43. The second-order valence-corrected chi connectivity index (χ2v) is 8.79. The summed E-state index contributed by atoms with van der Waals surface area (Å²) in [4.78, 5) is 20.7. The van der Waals surface area contributed by atoms with Gasteiger partial charge in [0, 0.05) is 30.5 Å². The van der Waals surface area contributed by atoms with Crippen LogP contribution in [-0.4, -0.2) is 28.5 Å². The van der Waals surface area contributed by atoms with Crippen molar-refractivity contribution in [2.45, 2.75) is 26.4 Å². The molecule has 1 saturated heterocycles. The fourth-order valence-electron chi connectivity index (χ4n) is 3.89. The minimum atomic E-state index is -0.0702. The Morgan fingerprint density at radius 1 is 1.17 bits per heavy atom. The van der Waals surface area contributed by atoms with Crippen LogP contribution in [0.2, 0.25) is 0 Å². The number of hydrogen-bond acceptors (Lipinski definition) is 5. The molecule has 0 saturated carbocycles. The maximum absolute atomic E-state index is 11.6. The van der Waals surface area contributed by atoms with Crippen LogP contribution in [0.15, 0.2) is 48.7 Å². The van der Waals surface area contributed by atoms with Gasteiger partial charge in [-0.15, -0.1) is 11.3 Å². The van der Waals surface area contributed by atoms with Crippen LogP contribution in [0.1, 0.15) is 18.4 Å². The summed E-state index contributed by atoms with van der Waals surface area (Å²) in [5, 5.41) is 4.94. The van der Waals surface area contributed by atoms with E-state index in [4.69, 9.17) is 4.74 Å². The highest BCUT2D eigenvalue weighted by Gasteiger charge is 2.28. The van der Waals surface area contributed by atoms with E-state index in [0.29, 0.717) is 13.0 Å². The number of fused-ring (bicyclic) bond motifs is 2. The maximum Gasteiger partial charge on any atom is 0.220 e. The van der Waals surface area contributed by atoms with E-state index in [2.05, 4.69) is 45.6 Å². The Hall–Kier alpha value is -2.99. The topological polar surface area (TPSA) is 64.1 Å². The lowest BCUT2D eigenvalue weighted by atomic mass is 10.0. The Balaban J connectivity index is 1.56. The first kappa shape index (κ1) is 18.1. The highest BCUT2D eigenvalue weighted by molar-refractivity contribution is 7.18. The molecular weight excluding hydrogens is 382 g/mol. The number of aromatic nitrogens is 2. The lowest BCUT2D eigenvalue weighted by Gasteiger charge is -2.21. The zero-order valence-electron chi connectivity index (χ0n) is 16.3. The Morgan fingerprint density at radius 3 is 2.90 bits per heavy atom. The molecule has 2 atom stereocenters. The molecule has 4 aromatic rings. The number of nitrogens with one attached hydrogen (secondary N) is 1. The quantitative estimate of drug-likeness (QED) is 0.535. The second-order valence-electron chi connectivity index (χ2n) is 7.55. The van der Waals surface area contributed by atoms with Crippen LogP contribution >= 0.6 is 11.3 Å². The molecule has 0 aliphatic carbocycles. The minimum absolute atomic E-state index is 0.0702. The molecule has 1 fully saturated rings. The number of amides is 1. The molecule has 1 unspecified atom stereocenters. The summed E-state index contributed by atoms with van der Waals surface area (Å²) in [7, 11) is 0. The molecule has 29 heavy (non-hydrogen) atoms. The monoisotopic (exact) mass is 403 g/mol. The van der Waals surface area contributed by atoms with Crippen LogP contribution in [-0.2, 0) is 4.79 Å². The van der Waals surface area contributed by atoms with Crippen molar-refractivity contribution in [1.82, 2.24) is 15.3 Å². The van der Waals surface area contributed by atoms with Gasteiger partial charge in [0.2, 0.25) is 5.91 Å². The van der Waals surface area contributed by atoms with E-state index in [1.54, 1.807) is 17.5 Å². The summed E-state index contributed by atoms with van der Waals surface area (Å²) >= 11 is 1.70. The average molecular weight is 404 g/mol. The molecule has 146 valence electrons. The number of benzene rings is 2. The summed E-state index contributed by atoms with van der Waals surface area (Å²) in [6.45, 7) is 4.73. The zero-order valence-corrected chi connectivity index (χ0v) is 17.1. The molecule has 2 aromatic heterocycles. The summed E-state index contributed by atoms with van der Waals surface area (Å²) < 4.78 is 7.55. The Bertz CT molecular complexity index is 1230. The molecule has 5 nitrogen and oxygen atoms in total. The normalized spacial score (nSPS) is 17.6. The zero-order chi connectivity index (χ0) is 20.0. The SMILES string of the molecule is Cc1nc2ccc(-c3cc(O[C@H](C)C4CNC(=O)C4)c4cccnc4c3)cc2s1. The molecule has 3 heterocycles. The number of aryl methyl sites for hydroxylation is 1. The second kappa shape index (κ2) is 7.12. The van der Waals surface area contributed by atoms with Gasteiger partial charge >= 0.3 is 0 Å². The largest absolute Gasteiger partial charge is 0.490 e. The van der Waals surface area contributed by atoms with Gasteiger partial charge in [0.1, 0.15) is 11.9 Å². The first-order chi connectivity index (χ1) is 14.1. The van der Waals surface area contributed by atoms with Gasteiger partial charge in [-0.2, -0.15) is 0 Å². The molecule has 0 bridgehead atoms. The molecule has 0 spiro atoms. The lowest BCUT2D eigenvalue weighted by molar-refractivity contribution is -0.119. The maximum atomic E-state index is 11.6. The number of carbonyl (C=O) groups excluding carboxylic acids is 1. The van der Waals surface area contributed by atoms with Gasteiger partial charge < -0.3 is 10.1 Å². The van der Waals surface area contributed by atoms with Crippen LogP contribution in [0.5, 0.6) is 5.75 Å².